The zero-order chi connectivity index (χ0) is 16.9. The number of nitrogens with zero attached hydrogens (tertiary/aromatic N) is 1. The minimum atomic E-state index is 0.231. The molecule has 0 aliphatic carbocycles. The quantitative estimate of drug-likeness (QED) is 0.853. The van der Waals surface area contributed by atoms with Gasteiger partial charge in [0.1, 0.15) is 0 Å². The number of aryl methyl sites for hydroxylation is 1. The van der Waals surface area contributed by atoms with Crippen LogP contribution in [-0.4, -0.2) is 30.4 Å². The van der Waals surface area contributed by atoms with E-state index in [-0.39, 0.29) is 5.91 Å². The predicted molar refractivity (Wildman–Crippen MR) is 101 cm³/mol. The Labute approximate surface area is 152 Å². The fourth-order valence-corrected chi connectivity index (χ4v) is 3.72. The summed E-state index contributed by atoms with van der Waals surface area (Å²) in [6, 6.07) is 18.6. The molecule has 0 radical (unpaired) electrons. The zero-order valence-electron chi connectivity index (χ0n) is 13.7. The average Bonchev–Trinajstić information content (AvgIpc) is 3.06. The molecule has 2 aromatic rings. The van der Waals surface area contributed by atoms with Gasteiger partial charge in [-0.1, -0.05) is 58.4 Å². The Morgan fingerprint density at radius 3 is 2.46 bits per heavy atom. The lowest BCUT2D eigenvalue weighted by atomic mass is 9.89. The van der Waals surface area contributed by atoms with Crippen LogP contribution in [0.1, 0.15) is 23.5 Å². The van der Waals surface area contributed by atoms with Crippen molar-refractivity contribution in [3.63, 3.8) is 0 Å². The molecule has 1 fully saturated rings. The SMILES string of the molecule is NC[C@@H]1CN(C(=O)CCc2ccc(Br)cc2)C[C@H]1c1ccccc1. The Bertz CT molecular complexity index is 672. The van der Waals surface area contributed by atoms with Crippen LogP contribution in [0.4, 0.5) is 0 Å². The summed E-state index contributed by atoms with van der Waals surface area (Å²) in [6.45, 7) is 2.18. The van der Waals surface area contributed by atoms with Crippen molar-refractivity contribution in [2.24, 2.45) is 11.7 Å². The number of benzene rings is 2. The molecule has 0 unspecified atom stereocenters. The van der Waals surface area contributed by atoms with E-state index in [4.69, 9.17) is 5.73 Å². The Balaban J connectivity index is 1.60. The fraction of sp³-hybridized carbons (Fsp3) is 0.350. The standard InChI is InChI=1S/C20H23BrN2O/c21-18-9-6-15(7-10-18)8-11-20(24)23-13-17(12-22)19(14-23)16-4-2-1-3-5-16/h1-7,9-10,17,19H,8,11-14,22H2/t17-,19+/m1/s1. The van der Waals surface area contributed by atoms with Crippen LogP contribution in [0.5, 0.6) is 0 Å². The molecule has 1 heterocycles. The van der Waals surface area contributed by atoms with Crippen LogP contribution in [0.15, 0.2) is 59.1 Å². The maximum Gasteiger partial charge on any atom is 0.222 e. The van der Waals surface area contributed by atoms with Gasteiger partial charge in [-0.2, -0.15) is 0 Å². The molecule has 2 aromatic carbocycles. The summed E-state index contributed by atoms with van der Waals surface area (Å²) < 4.78 is 1.06. The highest BCUT2D eigenvalue weighted by Gasteiger charge is 2.34. The number of carbonyl (C=O) groups excluding carboxylic acids is 1. The molecule has 3 nitrogen and oxygen atoms in total. The van der Waals surface area contributed by atoms with Crippen LogP contribution in [0.25, 0.3) is 0 Å². The van der Waals surface area contributed by atoms with E-state index in [1.165, 1.54) is 11.1 Å². The van der Waals surface area contributed by atoms with Crippen LogP contribution in [0.3, 0.4) is 0 Å². The second-order valence-corrected chi connectivity index (χ2v) is 7.35. The molecule has 2 atom stereocenters. The summed E-state index contributed by atoms with van der Waals surface area (Å²) in [5.41, 5.74) is 8.44. The molecule has 24 heavy (non-hydrogen) atoms. The van der Waals surface area contributed by atoms with Crippen molar-refractivity contribution in [1.82, 2.24) is 4.90 Å². The summed E-state index contributed by atoms with van der Waals surface area (Å²) in [5.74, 6) is 0.937. The molecule has 1 amide bonds. The van der Waals surface area contributed by atoms with E-state index in [9.17, 15) is 4.79 Å². The third kappa shape index (κ3) is 4.05. The van der Waals surface area contributed by atoms with Gasteiger partial charge < -0.3 is 10.6 Å². The summed E-state index contributed by atoms with van der Waals surface area (Å²) >= 11 is 3.44. The van der Waals surface area contributed by atoms with E-state index < -0.39 is 0 Å². The molecule has 3 rings (SSSR count). The Morgan fingerprint density at radius 2 is 1.79 bits per heavy atom. The zero-order valence-corrected chi connectivity index (χ0v) is 15.3. The minimum Gasteiger partial charge on any atom is -0.342 e. The van der Waals surface area contributed by atoms with Crippen LogP contribution in [0.2, 0.25) is 0 Å². The van der Waals surface area contributed by atoms with E-state index >= 15 is 0 Å². The molecule has 1 aliphatic heterocycles. The van der Waals surface area contributed by atoms with Crippen LogP contribution in [-0.2, 0) is 11.2 Å². The Morgan fingerprint density at radius 1 is 1.08 bits per heavy atom. The first kappa shape index (κ1) is 17.2. The summed E-state index contributed by atoms with van der Waals surface area (Å²) in [7, 11) is 0. The maximum absolute atomic E-state index is 12.6. The van der Waals surface area contributed by atoms with Crippen molar-refractivity contribution >= 4 is 21.8 Å². The van der Waals surface area contributed by atoms with Crippen LogP contribution >= 0.6 is 15.9 Å². The first-order valence-corrected chi connectivity index (χ1v) is 9.24. The van der Waals surface area contributed by atoms with Crippen molar-refractivity contribution < 1.29 is 4.79 Å². The summed E-state index contributed by atoms with van der Waals surface area (Å²) in [4.78, 5) is 14.6. The molecule has 4 heteroatoms. The van der Waals surface area contributed by atoms with E-state index in [0.29, 0.717) is 24.8 Å². The van der Waals surface area contributed by atoms with E-state index in [1.54, 1.807) is 0 Å². The Hall–Kier alpha value is -1.65. The normalized spacial score (nSPS) is 20.3. The van der Waals surface area contributed by atoms with Crippen LogP contribution < -0.4 is 5.73 Å². The number of nitrogens with two attached hydrogens (primary N) is 1. The van der Waals surface area contributed by atoms with Crippen molar-refractivity contribution in [2.45, 2.75) is 18.8 Å². The average molecular weight is 387 g/mol. The monoisotopic (exact) mass is 386 g/mol. The lowest BCUT2D eigenvalue weighted by Gasteiger charge is -2.17. The van der Waals surface area contributed by atoms with Crippen molar-refractivity contribution in [3.8, 4) is 0 Å². The molecule has 0 aromatic heterocycles. The molecule has 0 saturated carbocycles. The number of hydrogen-bond acceptors (Lipinski definition) is 2. The van der Waals surface area contributed by atoms with Gasteiger partial charge in [-0.15, -0.1) is 0 Å². The lowest BCUT2D eigenvalue weighted by Crippen LogP contribution is -2.30. The summed E-state index contributed by atoms with van der Waals surface area (Å²) in [5, 5.41) is 0. The molecule has 1 saturated heterocycles. The largest absolute Gasteiger partial charge is 0.342 e. The first-order chi connectivity index (χ1) is 11.7. The van der Waals surface area contributed by atoms with Gasteiger partial charge in [0.2, 0.25) is 5.91 Å². The Kier molecular flexibility index (Phi) is 5.69. The molecular formula is C20H23BrN2O. The van der Waals surface area contributed by atoms with Gasteiger partial charge >= 0.3 is 0 Å². The van der Waals surface area contributed by atoms with E-state index in [2.05, 4.69) is 52.3 Å². The van der Waals surface area contributed by atoms with Gasteiger partial charge in [-0.05, 0) is 42.1 Å². The molecule has 2 N–H and O–H groups in total. The molecule has 126 valence electrons. The summed E-state index contributed by atoms with van der Waals surface area (Å²) in [6.07, 6.45) is 1.34. The molecule has 1 aliphatic rings. The van der Waals surface area contributed by atoms with Gasteiger partial charge in [-0.3, -0.25) is 4.79 Å². The highest BCUT2D eigenvalue weighted by molar-refractivity contribution is 9.10. The van der Waals surface area contributed by atoms with Crippen LogP contribution in [0, 0.1) is 5.92 Å². The van der Waals surface area contributed by atoms with Gasteiger partial charge in [-0.25, -0.2) is 0 Å². The van der Waals surface area contributed by atoms with Crippen molar-refractivity contribution in [3.05, 3.63) is 70.2 Å². The lowest BCUT2D eigenvalue weighted by molar-refractivity contribution is -0.130. The van der Waals surface area contributed by atoms with E-state index in [1.807, 2.05) is 23.1 Å². The van der Waals surface area contributed by atoms with Gasteiger partial charge in [0.25, 0.3) is 0 Å². The van der Waals surface area contributed by atoms with Gasteiger partial charge in [0.05, 0.1) is 0 Å². The van der Waals surface area contributed by atoms with Gasteiger partial charge in [0.15, 0.2) is 0 Å². The number of rotatable bonds is 5. The van der Waals surface area contributed by atoms with Gasteiger partial charge in [0, 0.05) is 29.9 Å². The minimum absolute atomic E-state index is 0.231. The topological polar surface area (TPSA) is 46.3 Å². The number of hydrogen-bond donors (Lipinski definition) is 1. The second-order valence-electron chi connectivity index (χ2n) is 6.44. The van der Waals surface area contributed by atoms with Crippen molar-refractivity contribution in [1.29, 1.82) is 0 Å². The number of halogens is 1. The van der Waals surface area contributed by atoms with Crippen molar-refractivity contribution in [2.75, 3.05) is 19.6 Å². The third-order valence-electron chi connectivity index (χ3n) is 4.86. The fourth-order valence-electron chi connectivity index (χ4n) is 3.45. The highest BCUT2D eigenvalue weighted by Crippen LogP contribution is 2.32. The number of carbonyl (C=O) groups is 1. The highest BCUT2D eigenvalue weighted by atomic mass is 79.9. The predicted octanol–water partition coefficient (Wildman–Crippen LogP) is 3.58. The first-order valence-electron chi connectivity index (χ1n) is 8.44. The molecule has 0 spiro atoms. The molecular weight excluding hydrogens is 364 g/mol. The maximum atomic E-state index is 12.6. The number of likely N-dealkylation sites (tertiary alicyclic amines) is 1. The number of amides is 1. The van der Waals surface area contributed by atoms with E-state index in [0.717, 1.165) is 24.0 Å². The second kappa shape index (κ2) is 7.95. The molecule has 0 bridgehead atoms. The third-order valence-corrected chi connectivity index (χ3v) is 5.39. The smallest absolute Gasteiger partial charge is 0.222 e.